The lowest BCUT2D eigenvalue weighted by atomic mass is 9.70. The summed E-state index contributed by atoms with van der Waals surface area (Å²) in [5, 5.41) is 11.1. The first-order chi connectivity index (χ1) is 8.09. The molecule has 3 aliphatic rings. The zero-order chi connectivity index (χ0) is 12.0. The molecule has 0 aromatic heterocycles. The molecule has 1 aromatic rings. The Labute approximate surface area is 103 Å². The van der Waals surface area contributed by atoms with Gasteiger partial charge in [0.15, 0.2) is 0 Å². The number of benzene rings is 1. The third-order valence-corrected chi connectivity index (χ3v) is 4.58. The summed E-state index contributed by atoms with van der Waals surface area (Å²) in [7, 11) is 0. The van der Waals surface area contributed by atoms with Gasteiger partial charge >= 0.3 is 0 Å². The van der Waals surface area contributed by atoms with Gasteiger partial charge in [-0.25, -0.2) is 0 Å². The van der Waals surface area contributed by atoms with E-state index in [0.717, 1.165) is 38.0 Å². The first kappa shape index (κ1) is 11.2. The minimum atomic E-state index is -0.603. The molecular formula is C15H21NO. The van der Waals surface area contributed by atoms with Crippen molar-refractivity contribution in [1.82, 2.24) is 4.90 Å². The number of aliphatic hydroxyl groups is 1. The first-order valence-corrected chi connectivity index (χ1v) is 6.62. The van der Waals surface area contributed by atoms with Gasteiger partial charge in [-0.3, -0.25) is 0 Å². The second-order valence-corrected chi connectivity index (χ2v) is 5.79. The van der Waals surface area contributed by atoms with Crippen molar-refractivity contribution in [1.29, 1.82) is 0 Å². The van der Waals surface area contributed by atoms with Crippen molar-refractivity contribution < 1.29 is 5.11 Å². The van der Waals surface area contributed by atoms with Crippen LogP contribution in [0.25, 0.3) is 0 Å². The Morgan fingerprint density at radius 2 is 1.94 bits per heavy atom. The van der Waals surface area contributed by atoms with Crippen LogP contribution in [0.1, 0.15) is 29.5 Å². The number of hydrogen-bond donors (Lipinski definition) is 1. The van der Waals surface area contributed by atoms with Crippen molar-refractivity contribution in [2.24, 2.45) is 5.92 Å². The van der Waals surface area contributed by atoms with E-state index in [0.29, 0.717) is 5.92 Å². The van der Waals surface area contributed by atoms with Gasteiger partial charge in [0.25, 0.3) is 0 Å². The summed E-state index contributed by atoms with van der Waals surface area (Å²) in [6.45, 7) is 7.38. The highest BCUT2D eigenvalue weighted by molar-refractivity contribution is 5.36. The van der Waals surface area contributed by atoms with Crippen molar-refractivity contribution in [3.63, 3.8) is 0 Å². The van der Waals surface area contributed by atoms with Crippen molar-refractivity contribution in [2.75, 3.05) is 19.6 Å². The zero-order valence-corrected chi connectivity index (χ0v) is 10.7. The fraction of sp³-hybridized carbons (Fsp3) is 0.600. The minimum Gasteiger partial charge on any atom is -0.384 e. The molecule has 0 amide bonds. The molecule has 1 atom stereocenters. The predicted octanol–water partition coefficient (Wildman–Crippen LogP) is 2.22. The van der Waals surface area contributed by atoms with E-state index in [1.165, 1.54) is 11.1 Å². The number of hydrogen-bond acceptors (Lipinski definition) is 2. The van der Waals surface area contributed by atoms with E-state index >= 15 is 0 Å². The monoisotopic (exact) mass is 231 g/mol. The molecule has 1 aromatic carbocycles. The highest BCUT2D eigenvalue weighted by Crippen LogP contribution is 2.43. The van der Waals surface area contributed by atoms with Gasteiger partial charge < -0.3 is 10.0 Å². The lowest BCUT2D eigenvalue weighted by Gasteiger charge is -2.51. The van der Waals surface area contributed by atoms with Gasteiger partial charge in [-0.1, -0.05) is 23.8 Å². The highest BCUT2D eigenvalue weighted by Gasteiger charge is 2.46. The van der Waals surface area contributed by atoms with Gasteiger partial charge in [0.1, 0.15) is 5.60 Å². The topological polar surface area (TPSA) is 23.5 Å². The van der Waals surface area contributed by atoms with Crippen molar-refractivity contribution in [2.45, 2.75) is 32.3 Å². The maximum atomic E-state index is 11.1. The average Bonchev–Trinajstić information content (AvgIpc) is 2.29. The molecule has 3 aliphatic heterocycles. The lowest BCUT2D eigenvalue weighted by molar-refractivity contribution is -0.118. The van der Waals surface area contributed by atoms with E-state index in [1.807, 2.05) is 0 Å². The third-order valence-electron chi connectivity index (χ3n) is 4.58. The third kappa shape index (κ3) is 1.71. The molecule has 0 unspecified atom stereocenters. The van der Waals surface area contributed by atoms with E-state index in [4.69, 9.17) is 0 Å². The van der Waals surface area contributed by atoms with E-state index in [1.54, 1.807) is 0 Å². The molecule has 3 saturated heterocycles. The number of fused-ring (bicyclic) bond motifs is 3. The molecule has 17 heavy (non-hydrogen) atoms. The van der Waals surface area contributed by atoms with Crippen LogP contribution in [-0.4, -0.2) is 29.6 Å². The predicted molar refractivity (Wildman–Crippen MR) is 69.0 cm³/mol. The van der Waals surface area contributed by atoms with Crippen LogP contribution in [0, 0.1) is 19.8 Å². The Morgan fingerprint density at radius 1 is 1.24 bits per heavy atom. The summed E-state index contributed by atoms with van der Waals surface area (Å²) in [5.41, 5.74) is 3.06. The van der Waals surface area contributed by atoms with Gasteiger partial charge in [-0.2, -0.15) is 0 Å². The molecule has 0 radical (unpaired) electrons. The molecule has 2 nitrogen and oxygen atoms in total. The molecule has 4 rings (SSSR count). The van der Waals surface area contributed by atoms with E-state index in [9.17, 15) is 5.11 Å². The first-order valence-electron chi connectivity index (χ1n) is 6.62. The minimum absolute atomic E-state index is 0.453. The lowest BCUT2D eigenvalue weighted by Crippen LogP contribution is -2.57. The molecule has 0 aliphatic carbocycles. The van der Waals surface area contributed by atoms with Crippen LogP contribution in [-0.2, 0) is 5.60 Å². The van der Waals surface area contributed by atoms with E-state index in [-0.39, 0.29) is 0 Å². The van der Waals surface area contributed by atoms with Crippen LogP contribution in [0.5, 0.6) is 0 Å². The Bertz CT molecular complexity index is 435. The largest absolute Gasteiger partial charge is 0.384 e. The van der Waals surface area contributed by atoms with E-state index < -0.39 is 5.60 Å². The molecule has 3 fully saturated rings. The number of nitrogens with zero attached hydrogens (tertiary/aromatic N) is 1. The molecule has 1 N–H and O–H groups in total. The molecule has 3 heterocycles. The Hall–Kier alpha value is -0.860. The summed E-state index contributed by atoms with van der Waals surface area (Å²) in [4.78, 5) is 2.40. The van der Waals surface area contributed by atoms with Crippen LogP contribution in [0.2, 0.25) is 0 Å². The maximum absolute atomic E-state index is 11.1. The Balaban J connectivity index is 2.02. The van der Waals surface area contributed by atoms with Crippen molar-refractivity contribution in [3.05, 3.63) is 34.9 Å². The summed E-state index contributed by atoms with van der Waals surface area (Å²) in [5.74, 6) is 0.453. The Kier molecular flexibility index (Phi) is 2.53. The standard InChI is InChI=1S/C15H21NO/c1-11-3-4-14(12(2)9-11)15(17)10-16-7-5-13(15)6-8-16/h3-4,9,13,17H,5-8,10H2,1-2H3/t15-/m1/s1. The second-order valence-electron chi connectivity index (χ2n) is 5.79. The quantitative estimate of drug-likeness (QED) is 0.801. The van der Waals surface area contributed by atoms with Crippen molar-refractivity contribution in [3.8, 4) is 0 Å². The number of piperidine rings is 3. The van der Waals surface area contributed by atoms with Crippen LogP contribution in [0.15, 0.2) is 18.2 Å². The fourth-order valence-electron chi connectivity index (χ4n) is 3.64. The van der Waals surface area contributed by atoms with Crippen LogP contribution in [0.4, 0.5) is 0 Å². The van der Waals surface area contributed by atoms with Gasteiger partial charge in [0, 0.05) is 6.54 Å². The van der Waals surface area contributed by atoms with Gasteiger partial charge in [0.05, 0.1) is 0 Å². The van der Waals surface area contributed by atoms with Crippen molar-refractivity contribution >= 4 is 0 Å². The summed E-state index contributed by atoms with van der Waals surface area (Å²) < 4.78 is 0. The summed E-state index contributed by atoms with van der Waals surface area (Å²) in [6, 6.07) is 6.44. The molecule has 0 spiro atoms. The molecular weight excluding hydrogens is 210 g/mol. The van der Waals surface area contributed by atoms with Gasteiger partial charge in [-0.15, -0.1) is 0 Å². The number of aryl methyl sites for hydroxylation is 2. The van der Waals surface area contributed by atoms with Crippen LogP contribution >= 0.6 is 0 Å². The highest BCUT2D eigenvalue weighted by atomic mass is 16.3. The smallest absolute Gasteiger partial charge is 0.105 e. The fourth-order valence-corrected chi connectivity index (χ4v) is 3.64. The normalized spacial score (nSPS) is 36.2. The Morgan fingerprint density at radius 3 is 2.47 bits per heavy atom. The summed E-state index contributed by atoms with van der Waals surface area (Å²) >= 11 is 0. The second kappa shape index (κ2) is 3.82. The van der Waals surface area contributed by atoms with Crippen LogP contribution < -0.4 is 0 Å². The van der Waals surface area contributed by atoms with Crippen LogP contribution in [0.3, 0.4) is 0 Å². The van der Waals surface area contributed by atoms with Gasteiger partial charge in [0.2, 0.25) is 0 Å². The SMILES string of the molecule is Cc1ccc([C@@]2(O)CN3CCC2CC3)c(C)c1. The number of rotatable bonds is 1. The van der Waals surface area contributed by atoms with E-state index in [2.05, 4.69) is 36.9 Å². The average molecular weight is 231 g/mol. The summed E-state index contributed by atoms with van der Waals surface area (Å²) in [6.07, 6.45) is 2.29. The maximum Gasteiger partial charge on any atom is 0.105 e. The molecule has 92 valence electrons. The molecule has 0 saturated carbocycles. The van der Waals surface area contributed by atoms with Gasteiger partial charge in [-0.05, 0) is 56.8 Å². The zero-order valence-electron chi connectivity index (χ0n) is 10.7. The molecule has 2 heteroatoms. The molecule has 2 bridgehead atoms.